The number of para-hydroxylation sites is 1. The van der Waals surface area contributed by atoms with Crippen LogP contribution >= 0.6 is 12.2 Å². The number of anilines is 1. The van der Waals surface area contributed by atoms with Crippen molar-refractivity contribution in [1.29, 1.82) is 0 Å². The Morgan fingerprint density at radius 2 is 1.62 bits per heavy atom. The molecule has 7 heteroatoms. The van der Waals surface area contributed by atoms with E-state index in [-0.39, 0.29) is 16.6 Å². The van der Waals surface area contributed by atoms with Crippen LogP contribution in [0.1, 0.15) is 20.8 Å². The van der Waals surface area contributed by atoms with E-state index >= 15 is 0 Å². The molecule has 1 heterocycles. The summed E-state index contributed by atoms with van der Waals surface area (Å²) in [5, 5.41) is 0.223. The van der Waals surface area contributed by atoms with Crippen molar-refractivity contribution in [2.24, 2.45) is 0 Å². The van der Waals surface area contributed by atoms with Gasteiger partial charge in [-0.15, -0.1) is 0 Å². The standard InChI is InChI=1S/C19H21N3O3S/c1-4-20-17(24)16(18(25)21(5-2)19(20)26)12-9-13-22(14(3)23)15-10-7-6-8-11-15/h6-13H,4-5H2,1-3H3/b13-9+. The number of carbonyl (C=O) groups is 3. The second kappa shape index (κ2) is 8.53. The van der Waals surface area contributed by atoms with E-state index in [1.165, 1.54) is 40.0 Å². The Balaban J connectivity index is 2.32. The minimum absolute atomic E-state index is 0.0233. The van der Waals surface area contributed by atoms with Crippen LogP contribution in [0, 0.1) is 0 Å². The van der Waals surface area contributed by atoms with Gasteiger partial charge in [0.1, 0.15) is 5.57 Å². The highest BCUT2D eigenvalue weighted by atomic mass is 32.1. The second-order valence-corrected chi connectivity index (χ2v) is 5.89. The summed E-state index contributed by atoms with van der Waals surface area (Å²) in [7, 11) is 0. The molecule has 3 amide bonds. The summed E-state index contributed by atoms with van der Waals surface area (Å²) in [5.74, 6) is -1.03. The Hall–Kier alpha value is -2.80. The molecule has 0 saturated carbocycles. The van der Waals surface area contributed by atoms with E-state index in [2.05, 4.69) is 0 Å². The molecular weight excluding hydrogens is 350 g/mol. The van der Waals surface area contributed by atoms with Gasteiger partial charge >= 0.3 is 0 Å². The van der Waals surface area contributed by atoms with Crippen molar-refractivity contribution in [1.82, 2.24) is 9.80 Å². The zero-order valence-corrected chi connectivity index (χ0v) is 15.8. The Bertz CT molecular complexity index is 758. The predicted octanol–water partition coefficient (Wildman–Crippen LogP) is 2.48. The zero-order valence-electron chi connectivity index (χ0n) is 15.0. The summed E-state index contributed by atoms with van der Waals surface area (Å²) in [4.78, 5) is 41.2. The van der Waals surface area contributed by atoms with Gasteiger partial charge < -0.3 is 0 Å². The maximum atomic E-state index is 12.5. The first-order valence-corrected chi connectivity index (χ1v) is 8.74. The number of hydrogen-bond acceptors (Lipinski definition) is 4. The third-order valence-corrected chi connectivity index (χ3v) is 4.36. The van der Waals surface area contributed by atoms with Crippen LogP contribution in [-0.2, 0) is 14.4 Å². The molecule has 0 aliphatic carbocycles. The van der Waals surface area contributed by atoms with Gasteiger partial charge in [0.15, 0.2) is 5.11 Å². The van der Waals surface area contributed by atoms with Crippen molar-refractivity contribution < 1.29 is 14.4 Å². The molecule has 1 fully saturated rings. The maximum absolute atomic E-state index is 12.5. The monoisotopic (exact) mass is 371 g/mol. The molecule has 1 aromatic carbocycles. The molecule has 1 aromatic rings. The van der Waals surface area contributed by atoms with Crippen LogP contribution in [0.25, 0.3) is 0 Å². The van der Waals surface area contributed by atoms with E-state index in [1.54, 1.807) is 26.0 Å². The van der Waals surface area contributed by atoms with Crippen molar-refractivity contribution in [3.05, 3.63) is 54.3 Å². The van der Waals surface area contributed by atoms with Crippen LogP contribution < -0.4 is 4.90 Å². The van der Waals surface area contributed by atoms with E-state index in [0.717, 1.165) is 0 Å². The number of hydrogen-bond donors (Lipinski definition) is 0. The molecular formula is C19H21N3O3S. The molecule has 0 atom stereocenters. The van der Waals surface area contributed by atoms with E-state index in [1.807, 2.05) is 18.2 Å². The molecule has 0 N–H and O–H groups in total. The van der Waals surface area contributed by atoms with Gasteiger partial charge in [0, 0.05) is 31.9 Å². The van der Waals surface area contributed by atoms with Crippen LogP contribution in [0.2, 0.25) is 0 Å². The molecule has 0 bridgehead atoms. The molecule has 1 saturated heterocycles. The average molecular weight is 371 g/mol. The molecule has 136 valence electrons. The number of nitrogens with zero attached hydrogens (tertiary/aromatic N) is 3. The largest absolute Gasteiger partial charge is 0.288 e. The van der Waals surface area contributed by atoms with Crippen molar-refractivity contribution in [2.45, 2.75) is 20.8 Å². The van der Waals surface area contributed by atoms with Crippen LogP contribution in [-0.4, -0.2) is 45.7 Å². The van der Waals surface area contributed by atoms with Crippen molar-refractivity contribution in [3.8, 4) is 0 Å². The molecule has 1 aliphatic rings. The van der Waals surface area contributed by atoms with E-state index in [4.69, 9.17) is 12.2 Å². The summed E-state index contributed by atoms with van der Waals surface area (Å²) in [6.07, 6.45) is 4.48. The fourth-order valence-corrected chi connectivity index (χ4v) is 3.01. The molecule has 6 nitrogen and oxygen atoms in total. The number of amides is 3. The van der Waals surface area contributed by atoms with Crippen LogP contribution in [0.15, 0.2) is 54.3 Å². The first-order valence-electron chi connectivity index (χ1n) is 8.33. The fourth-order valence-electron chi connectivity index (χ4n) is 2.59. The molecule has 1 aliphatic heterocycles. The molecule has 0 radical (unpaired) electrons. The van der Waals surface area contributed by atoms with E-state index < -0.39 is 11.8 Å². The van der Waals surface area contributed by atoms with E-state index in [0.29, 0.717) is 18.8 Å². The van der Waals surface area contributed by atoms with Crippen molar-refractivity contribution in [3.63, 3.8) is 0 Å². The lowest BCUT2D eigenvalue weighted by atomic mass is 10.1. The smallest absolute Gasteiger partial charge is 0.265 e. The molecule has 0 spiro atoms. The molecule has 26 heavy (non-hydrogen) atoms. The number of carbonyl (C=O) groups excluding carboxylic acids is 3. The Kier molecular flexibility index (Phi) is 6.41. The van der Waals surface area contributed by atoms with Crippen molar-refractivity contribution in [2.75, 3.05) is 18.0 Å². The van der Waals surface area contributed by atoms with Gasteiger partial charge in [-0.05, 0) is 50.4 Å². The van der Waals surface area contributed by atoms with Crippen LogP contribution in [0.4, 0.5) is 5.69 Å². The number of likely N-dealkylation sites (N-methyl/N-ethyl adjacent to an activating group) is 2. The van der Waals surface area contributed by atoms with Gasteiger partial charge in [-0.2, -0.15) is 0 Å². The zero-order chi connectivity index (χ0) is 19.3. The van der Waals surface area contributed by atoms with Crippen molar-refractivity contribution >= 4 is 40.7 Å². The summed E-state index contributed by atoms with van der Waals surface area (Å²) in [6, 6.07) is 9.10. The average Bonchev–Trinajstić information content (AvgIpc) is 2.62. The van der Waals surface area contributed by atoms with Gasteiger partial charge in [-0.1, -0.05) is 18.2 Å². The summed E-state index contributed by atoms with van der Waals surface area (Å²) in [5.41, 5.74) is 0.720. The van der Waals surface area contributed by atoms with Gasteiger partial charge in [0.25, 0.3) is 11.8 Å². The molecule has 0 unspecified atom stereocenters. The predicted molar refractivity (Wildman–Crippen MR) is 104 cm³/mol. The van der Waals surface area contributed by atoms with Gasteiger partial charge in [0.2, 0.25) is 5.91 Å². The first-order chi connectivity index (χ1) is 12.4. The van der Waals surface area contributed by atoms with Crippen LogP contribution in [0.3, 0.4) is 0 Å². The topological polar surface area (TPSA) is 60.9 Å². The number of benzene rings is 1. The highest BCUT2D eigenvalue weighted by Gasteiger charge is 2.37. The summed E-state index contributed by atoms with van der Waals surface area (Å²) >= 11 is 5.22. The number of rotatable bonds is 5. The van der Waals surface area contributed by atoms with Gasteiger partial charge in [-0.3, -0.25) is 29.1 Å². The van der Waals surface area contributed by atoms with Crippen LogP contribution in [0.5, 0.6) is 0 Å². The quantitative estimate of drug-likeness (QED) is 0.453. The maximum Gasteiger partial charge on any atom is 0.265 e. The Morgan fingerprint density at radius 1 is 1.08 bits per heavy atom. The third kappa shape index (κ3) is 3.88. The Labute approximate surface area is 158 Å². The lowest BCUT2D eigenvalue weighted by Crippen LogP contribution is -2.55. The minimum Gasteiger partial charge on any atom is -0.288 e. The van der Waals surface area contributed by atoms with E-state index in [9.17, 15) is 14.4 Å². The lowest BCUT2D eigenvalue weighted by Gasteiger charge is -2.35. The normalized spacial score (nSPS) is 15.0. The molecule has 2 rings (SSSR count). The highest BCUT2D eigenvalue weighted by molar-refractivity contribution is 7.80. The third-order valence-electron chi connectivity index (χ3n) is 3.92. The highest BCUT2D eigenvalue weighted by Crippen LogP contribution is 2.18. The van der Waals surface area contributed by atoms with Gasteiger partial charge in [-0.25, -0.2) is 0 Å². The summed E-state index contributed by atoms with van der Waals surface area (Å²) in [6.45, 7) is 5.80. The lowest BCUT2D eigenvalue weighted by molar-refractivity contribution is -0.133. The number of thiocarbonyl (C=S) groups is 1. The summed E-state index contributed by atoms with van der Waals surface area (Å²) < 4.78 is 0. The minimum atomic E-state index is -0.425. The Morgan fingerprint density at radius 3 is 2.08 bits per heavy atom. The first kappa shape index (κ1) is 19.5. The molecule has 0 aromatic heterocycles. The SMILES string of the molecule is CCN1C(=O)C(=C/C=C/N(C(C)=O)c2ccccc2)C(=O)N(CC)C1=S. The fraction of sp³-hybridized carbons (Fsp3) is 0.263. The van der Waals surface area contributed by atoms with Gasteiger partial charge in [0.05, 0.1) is 0 Å². The number of allylic oxidation sites excluding steroid dienone is 2. The second-order valence-electron chi connectivity index (χ2n) is 5.53.